The number of rotatable bonds is 2. The first-order valence-corrected chi connectivity index (χ1v) is 6.47. The molecule has 2 N–H and O–H groups in total. The van der Waals surface area contributed by atoms with Crippen molar-refractivity contribution in [1.82, 2.24) is 20.2 Å². The number of anilines is 1. The number of hydrogen-bond donors (Lipinski definition) is 1. The minimum absolute atomic E-state index is 0.383. The molecule has 2 aromatic rings. The smallest absolute Gasteiger partial charge is 0.184 e. The van der Waals surface area contributed by atoms with Gasteiger partial charge >= 0.3 is 0 Å². The lowest BCUT2D eigenvalue weighted by Crippen LogP contribution is -2.09. The van der Waals surface area contributed by atoms with Crippen LogP contribution in [0.1, 0.15) is 31.7 Å². The highest BCUT2D eigenvalue weighted by molar-refractivity contribution is 6.31. The third kappa shape index (κ3) is 1.95. The number of hydrogen-bond acceptors (Lipinski definition) is 4. The van der Waals surface area contributed by atoms with Gasteiger partial charge in [0.2, 0.25) is 0 Å². The van der Waals surface area contributed by atoms with E-state index in [-0.39, 0.29) is 0 Å². The fourth-order valence-electron chi connectivity index (χ4n) is 2.49. The zero-order valence-corrected chi connectivity index (χ0v) is 10.6. The standard InChI is InChI=1S/C12H14ClN5/c13-8-5-6-11(14)10(7-8)12-15-16-17-18(12)9-3-1-2-4-9/h5-7,9H,1-4,14H2. The summed E-state index contributed by atoms with van der Waals surface area (Å²) >= 11 is 6.01. The molecule has 1 aromatic carbocycles. The average Bonchev–Trinajstić information content (AvgIpc) is 3.00. The fraction of sp³-hybridized carbons (Fsp3) is 0.417. The first-order valence-electron chi connectivity index (χ1n) is 6.09. The zero-order valence-electron chi connectivity index (χ0n) is 9.88. The Kier molecular flexibility index (Phi) is 2.91. The molecule has 3 rings (SSSR count). The number of halogens is 1. The van der Waals surface area contributed by atoms with Gasteiger partial charge < -0.3 is 5.73 Å². The van der Waals surface area contributed by atoms with Gasteiger partial charge in [0, 0.05) is 16.3 Å². The van der Waals surface area contributed by atoms with Crippen LogP contribution >= 0.6 is 11.6 Å². The third-order valence-corrected chi connectivity index (χ3v) is 3.65. The second kappa shape index (κ2) is 4.57. The molecule has 0 radical (unpaired) electrons. The average molecular weight is 264 g/mol. The van der Waals surface area contributed by atoms with E-state index in [2.05, 4.69) is 15.5 Å². The van der Waals surface area contributed by atoms with Gasteiger partial charge in [-0.2, -0.15) is 0 Å². The van der Waals surface area contributed by atoms with Crippen LogP contribution in [0.3, 0.4) is 0 Å². The summed E-state index contributed by atoms with van der Waals surface area (Å²) in [5, 5.41) is 12.6. The predicted molar refractivity (Wildman–Crippen MR) is 70.2 cm³/mol. The molecular formula is C12H14ClN5. The molecular weight excluding hydrogens is 250 g/mol. The lowest BCUT2D eigenvalue weighted by atomic mass is 10.1. The third-order valence-electron chi connectivity index (χ3n) is 3.42. The van der Waals surface area contributed by atoms with Crippen molar-refractivity contribution in [2.45, 2.75) is 31.7 Å². The second-order valence-corrected chi connectivity index (χ2v) is 5.05. The van der Waals surface area contributed by atoms with E-state index in [1.54, 1.807) is 12.1 Å². The first-order chi connectivity index (χ1) is 8.75. The Hall–Kier alpha value is -1.62. The number of benzene rings is 1. The molecule has 18 heavy (non-hydrogen) atoms. The Morgan fingerprint density at radius 2 is 2.06 bits per heavy atom. The molecule has 0 bridgehead atoms. The van der Waals surface area contributed by atoms with Crippen molar-refractivity contribution in [3.05, 3.63) is 23.2 Å². The highest BCUT2D eigenvalue weighted by Gasteiger charge is 2.23. The molecule has 0 spiro atoms. The van der Waals surface area contributed by atoms with Gasteiger partial charge in [-0.15, -0.1) is 5.10 Å². The van der Waals surface area contributed by atoms with E-state index >= 15 is 0 Å². The van der Waals surface area contributed by atoms with Crippen molar-refractivity contribution in [2.24, 2.45) is 0 Å². The van der Waals surface area contributed by atoms with Crippen LogP contribution in [0.5, 0.6) is 0 Å². The van der Waals surface area contributed by atoms with Crippen molar-refractivity contribution < 1.29 is 0 Å². The lowest BCUT2D eigenvalue weighted by Gasteiger charge is -2.12. The second-order valence-electron chi connectivity index (χ2n) is 4.62. The van der Waals surface area contributed by atoms with Crippen molar-refractivity contribution in [2.75, 3.05) is 5.73 Å². The molecule has 1 aromatic heterocycles. The summed E-state index contributed by atoms with van der Waals surface area (Å²) in [6.07, 6.45) is 4.71. The molecule has 0 aliphatic heterocycles. The van der Waals surface area contributed by atoms with E-state index in [0.717, 1.165) is 18.4 Å². The normalized spacial score (nSPS) is 16.3. The monoisotopic (exact) mass is 263 g/mol. The minimum atomic E-state index is 0.383. The summed E-state index contributed by atoms with van der Waals surface area (Å²) in [5.74, 6) is 0.710. The maximum atomic E-state index is 6.01. The van der Waals surface area contributed by atoms with Crippen molar-refractivity contribution >= 4 is 17.3 Å². The largest absolute Gasteiger partial charge is 0.398 e. The molecule has 0 amide bonds. The van der Waals surface area contributed by atoms with E-state index in [4.69, 9.17) is 17.3 Å². The fourth-order valence-corrected chi connectivity index (χ4v) is 2.66. The van der Waals surface area contributed by atoms with Gasteiger partial charge in [-0.3, -0.25) is 0 Å². The first kappa shape index (κ1) is 11.5. The van der Waals surface area contributed by atoms with Gasteiger partial charge in [0.1, 0.15) is 0 Å². The molecule has 1 saturated carbocycles. The molecule has 1 fully saturated rings. The molecule has 1 heterocycles. The maximum absolute atomic E-state index is 6.01. The van der Waals surface area contributed by atoms with Crippen molar-refractivity contribution in [3.63, 3.8) is 0 Å². The van der Waals surface area contributed by atoms with Crippen molar-refractivity contribution in [1.29, 1.82) is 0 Å². The number of nitrogens with zero attached hydrogens (tertiary/aromatic N) is 4. The molecule has 6 heteroatoms. The summed E-state index contributed by atoms with van der Waals surface area (Å²) < 4.78 is 1.88. The molecule has 0 atom stereocenters. The van der Waals surface area contributed by atoms with Crippen LogP contribution in [0.25, 0.3) is 11.4 Å². The van der Waals surface area contributed by atoms with Gasteiger partial charge in [0.25, 0.3) is 0 Å². The van der Waals surface area contributed by atoms with Crippen LogP contribution in [0.2, 0.25) is 5.02 Å². The number of nitrogens with two attached hydrogens (primary N) is 1. The number of nitrogen functional groups attached to an aromatic ring is 1. The van der Waals surface area contributed by atoms with E-state index in [9.17, 15) is 0 Å². The topological polar surface area (TPSA) is 69.6 Å². The Bertz CT molecular complexity index is 559. The summed E-state index contributed by atoms with van der Waals surface area (Å²) in [4.78, 5) is 0. The highest BCUT2D eigenvalue weighted by atomic mass is 35.5. The molecule has 0 saturated heterocycles. The molecule has 94 valence electrons. The Labute approximate surface area is 110 Å². The Morgan fingerprint density at radius 1 is 1.28 bits per heavy atom. The van der Waals surface area contributed by atoms with Crippen LogP contribution in [-0.4, -0.2) is 20.2 Å². The highest BCUT2D eigenvalue weighted by Crippen LogP contribution is 2.34. The van der Waals surface area contributed by atoms with Crippen LogP contribution < -0.4 is 5.73 Å². The summed E-state index contributed by atoms with van der Waals surface area (Å²) in [6, 6.07) is 5.75. The van der Waals surface area contributed by atoms with Crippen LogP contribution in [0.4, 0.5) is 5.69 Å². The lowest BCUT2D eigenvalue weighted by molar-refractivity contribution is 0.458. The predicted octanol–water partition coefficient (Wildman–Crippen LogP) is 2.69. The minimum Gasteiger partial charge on any atom is -0.398 e. The summed E-state index contributed by atoms with van der Waals surface area (Å²) in [5.41, 5.74) is 7.43. The van der Waals surface area contributed by atoms with E-state index in [1.807, 2.05) is 10.7 Å². The molecule has 5 nitrogen and oxygen atoms in total. The van der Waals surface area contributed by atoms with Gasteiger partial charge in [-0.25, -0.2) is 4.68 Å². The zero-order chi connectivity index (χ0) is 12.5. The van der Waals surface area contributed by atoms with Gasteiger partial charge in [-0.05, 0) is 41.5 Å². The van der Waals surface area contributed by atoms with Gasteiger partial charge in [0.05, 0.1) is 6.04 Å². The summed E-state index contributed by atoms with van der Waals surface area (Å²) in [6.45, 7) is 0. The SMILES string of the molecule is Nc1ccc(Cl)cc1-c1nnnn1C1CCCC1. The van der Waals surface area contributed by atoms with E-state index in [1.165, 1.54) is 12.8 Å². The van der Waals surface area contributed by atoms with Gasteiger partial charge in [-0.1, -0.05) is 24.4 Å². The van der Waals surface area contributed by atoms with E-state index in [0.29, 0.717) is 22.6 Å². The van der Waals surface area contributed by atoms with Gasteiger partial charge in [0.15, 0.2) is 5.82 Å². The van der Waals surface area contributed by atoms with E-state index < -0.39 is 0 Å². The molecule has 0 unspecified atom stereocenters. The molecule has 1 aliphatic rings. The quantitative estimate of drug-likeness (QED) is 0.846. The number of aromatic nitrogens is 4. The number of tetrazole rings is 1. The van der Waals surface area contributed by atoms with Crippen LogP contribution in [0, 0.1) is 0 Å². The maximum Gasteiger partial charge on any atom is 0.184 e. The van der Waals surface area contributed by atoms with Crippen LogP contribution in [0.15, 0.2) is 18.2 Å². The molecule has 1 aliphatic carbocycles. The van der Waals surface area contributed by atoms with Crippen molar-refractivity contribution in [3.8, 4) is 11.4 Å². The summed E-state index contributed by atoms with van der Waals surface area (Å²) in [7, 11) is 0. The Morgan fingerprint density at radius 3 is 2.83 bits per heavy atom. The Balaban J connectivity index is 2.06. The van der Waals surface area contributed by atoms with Crippen LogP contribution in [-0.2, 0) is 0 Å².